The molecule has 1 aromatic carbocycles. The summed E-state index contributed by atoms with van der Waals surface area (Å²) in [6.45, 7) is 6.38. The van der Waals surface area contributed by atoms with Gasteiger partial charge >= 0.3 is 0 Å². The van der Waals surface area contributed by atoms with Crippen molar-refractivity contribution in [3.8, 4) is 5.75 Å². The number of hydrogen-bond donors (Lipinski definition) is 3. The van der Waals surface area contributed by atoms with Gasteiger partial charge in [-0.1, -0.05) is 12.1 Å². The highest BCUT2D eigenvalue weighted by Crippen LogP contribution is 2.26. The summed E-state index contributed by atoms with van der Waals surface area (Å²) in [6, 6.07) is 7.69. The van der Waals surface area contributed by atoms with Gasteiger partial charge in [0.15, 0.2) is 0 Å². The number of hydrogen-bond acceptors (Lipinski definition) is 8. The van der Waals surface area contributed by atoms with Crippen molar-refractivity contribution in [2.45, 2.75) is 6.92 Å². The molecule has 1 aromatic heterocycles. The highest BCUT2D eigenvalue weighted by molar-refractivity contribution is 5.63. The Morgan fingerprint density at radius 1 is 1.12 bits per heavy atom. The third-order valence-electron chi connectivity index (χ3n) is 3.71. The van der Waals surface area contributed by atoms with Crippen LogP contribution in [0.3, 0.4) is 0 Å². The minimum atomic E-state index is 0.499. The third-order valence-corrected chi connectivity index (χ3v) is 3.71. The molecule has 1 fully saturated rings. The van der Waals surface area contributed by atoms with Crippen LogP contribution in [0, 0.1) is 0 Å². The molecule has 0 spiro atoms. The molecule has 8 nitrogen and oxygen atoms in total. The second-order valence-electron chi connectivity index (χ2n) is 5.38. The molecule has 24 heavy (non-hydrogen) atoms. The summed E-state index contributed by atoms with van der Waals surface area (Å²) in [7, 11) is 1.64. The second-order valence-corrected chi connectivity index (χ2v) is 5.38. The summed E-state index contributed by atoms with van der Waals surface area (Å²) in [5, 5.41) is 9.73. The third kappa shape index (κ3) is 3.83. The van der Waals surface area contributed by atoms with Gasteiger partial charge in [0.2, 0.25) is 17.8 Å². The highest BCUT2D eigenvalue weighted by atomic mass is 16.5. The Bertz CT molecular complexity index is 673. The number of nitrogens with zero attached hydrogens (tertiary/aromatic N) is 4. The largest absolute Gasteiger partial charge is 0.495 e. The van der Waals surface area contributed by atoms with Crippen molar-refractivity contribution >= 4 is 23.5 Å². The Morgan fingerprint density at radius 2 is 1.88 bits per heavy atom. The maximum atomic E-state index is 5.37. The first-order valence-electron chi connectivity index (χ1n) is 8.16. The van der Waals surface area contributed by atoms with Crippen molar-refractivity contribution in [1.82, 2.24) is 20.3 Å². The summed E-state index contributed by atoms with van der Waals surface area (Å²) >= 11 is 0. The molecule has 0 amide bonds. The first-order valence-corrected chi connectivity index (χ1v) is 8.16. The van der Waals surface area contributed by atoms with Crippen molar-refractivity contribution in [3.05, 3.63) is 24.3 Å². The lowest BCUT2D eigenvalue weighted by Gasteiger charge is -2.27. The predicted octanol–water partition coefficient (Wildman–Crippen LogP) is 1.47. The summed E-state index contributed by atoms with van der Waals surface area (Å²) in [6.07, 6.45) is 0. The Labute approximate surface area is 141 Å². The summed E-state index contributed by atoms with van der Waals surface area (Å²) in [4.78, 5) is 15.7. The van der Waals surface area contributed by atoms with Crippen molar-refractivity contribution in [3.63, 3.8) is 0 Å². The van der Waals surface area contributed by atoms with Crippen molar-refractivity contribution < 1.29 is 4.74 Å². The van der Waals surface area contributed by atoms with Gasteiger partial charge in [-0.05, 0) is 19.1 Å². The van der Waals surface area contributed by atoms with E-state index in [0.29, 0.717) is 17.8 Å². The summed E-state index contributed by atoms with van der Waals surface area (Å²) in [5.41, 5.74) is 0.819. The van der Waals surface area contributed by atoms with E-state index in [9.17, 15) is 0 Å². The predicted molar refractivity (Wildman–Crippen MR) is 95.4 cm³/mol. The number of aromatic nitrogens is 3. The maximum absolute atomic E-state index is 5.37. The van der Waals surface area contributed by atoms with E-state index in [-0.39, 0.29) is 0 Å². The van der Waals surface area contributed by atoms with Gasteiger partial charge in [0.05, 0.1) is 12.8 Å². The molecular formula is C16H23N7O. The monoisotopic (exact) mass is 329 g/mol. The van der Waals surface area contributed by atoms with Crippen LogP contribution in [0.15, 0.2) is 24.3 Å². The van der Waals surface area contributed by atoms with E-state index < -0.39 is 0 Å². The molecule has 0 unspecified atom stereocenters. The number of ether oxygens (including phenoxy) is 1. The lowest BCUT2D eigenvalue weighted by molar-refractivity contribution is 0.417. The van der Waals surface area contributed by atoms with Crippen LogP contribution in [0.4, 0.5) is 23.5 Å². The van der Waals surface area contributed by atoms with Gasteiger partial charge in [-0.25, -0.2) is 0 Å². The maximum Gasteiger partial charge on any atom is 0.233 e. The number of piperazine rings is 1. The Morgan fingerprint density at radius 3 is 2.62 bits per heavy atom. The molecule has 1 aliphatic heterocycles. The highest BCUT2D eigenvalue weighted by Gasteiger charge is 2.16. The molecule has 0 radical (unpaired) electrons. The van der Waals surface area contributed by atoms with Gasteiger partial charge in [-0.15, -0.1) is 0 Å². The fourth-order valence-corrected chi connectivity index (χ4v) is 2.53. The van der Waals surface area contributed by atoms with Crippen LogP contribution in [0.1, 0.15) is 6.92 Å². The lowest BCUT2D eigenvalue weighted by atomic mass is 10.3. The van der Waals surface area contributed by atoms with Crippen LogP contribution in [-0.4, -0.2) is 54.8 Å². The number of rotatable bonds is 6. The van der Waals surface area contributed by atoms with E-state index in [2.05, 4.69) is 35.8 Å². The van der Waals surface area contributed by atoms with Crippen LogP contribution in [0.5, 0.6) is 5.75 Å². The van der Waals surface area contributed by atoms with Gasteiger partial charge in [-0.3, -0.25) is 0 Å². The number of benzene rings is 1. The van der Waals surface area contributed by atoms with Crippen LogP contribution < -0.4 is 25.6 Å². The summed E-state index contributed by atoms with van der Waals surface area (Å²) < 4.78 is 5.37. The first kappa shape index (κ1) is 16.3. The fraction of sp³-hybridized carbons (Fsp3) is 0.438. The van der Waals surface area contributed by atoms with Gasteiger partial charge < -0.3 is 25.6 Å². The van der Waals surface area contributed by atoms with Gasteiger partial charge in [0, 0.05) is 32.7 Å². The minimum absolute atomic E-state index is 0.499. The first-order chi connectivity index (χ1) is 11.8. The van der Waals surface area contributed by atoms with Crippen LogP contribution in [0.2, 0.25) is 0 Å². The molecule has 0 aliphatic carbocycles. The van der Waals surface area contributed by atoms with E-state index in [1.165, 1.54) is 0 Å². The minimum Gasteiger partial charge on any atom is -0.495 e. The Balaban J connectivity index is 1.89. The number of para-hydroxylation sites is 2. The molecule has 0 atom stereocenters. The van der Waals surface area contributed by atoms with Crippen LogP contribution >= 0.6 is 0 Å². The molecule has 8 heteroatoms. The zero-order valence-electron chi connectivity index (χ0n) is 14.0. The fourth-order valence-electron chi connectivity index (χ4n) is 2.53. The molecule has 128 valence electrons. The molecule has 2 heterocycles. The average molecular weight is 329 g/mol. The second kappa shape index (κ2) is 7.78. The van der Waals surface area contributed by atoms with E-state index in [4.69, 9.17) is 4.74 Å². The lowest BCUT2D eigenvalue weighted by Crippen LogP contribution is -2.44. The van der Waals surface area contributed by atoms with Gasteiger partial charge in [-0.2, -0.15) is 15.0 Å². The number of nitrogens with one attached hydrogen (secondary N) is 3. The quantitative estimate of drug-likeness (QED) is 0.734. The molecule has 1 aliphatic rings. The van der Waals surface area contributed by atoms with Crippen molar-refractivity contribution in [1.29, 1.82) is 0 Å². The Kier molecular flexibility index (Phi) is 5.27. The molecular weight excluding hydrogens is 306 g/mol. The molecule has 3 N–H and O–H groups in total. The molecule has 3 rings (SSSR count). The SMILES string of the molecule is CCNc1nc(Nc2ccccc2OC)nc(N2CCNCC2)n1. The zero-order valence-corrected chi connectivity index (χ0v) is 14.0. The van der Waals surface area contributed by atoms with Gasteiger partial charge in [0.1, 0.15) is 5.75 Å². The number of anilines is 4. The molecule has 0 saturated carbocycles. The summed E-state index contributed by atoms with van der Waals surface area (Å²) in [5.74, 6) is 2.49. The van der Waals surface area contributed by atoms with E-state index in [1.54, 1.807) is 7.11 Å². The van der Waals surface area contributed by atoms with Gasteiger partial charge in [0.25, 0.3) is 0 Å². The van der Waals surface area contributed by atoms with Crippen molar-refractivity contribution in [2.75, 3.05) is 55.4 Å². The van der Waals surface area contributed by atoms with E-state index >= 15 is 0 Å². The number of methoxy groups -OCH3 is 1. The van der Waals surface area contributed by atoms with E-state index in [0.717, 1.165) is 44.2 Å². The standard InChI is InChI=1S/C16H23N7O/c1-3-18-14-20-15(19-12-6-4-5-7-13(12)24-2)22-16(21-14)23-10-8-17-9-11-23/h4-7,17H,3,8-11H2,1-2H3,(H2,18,19,20,21,22). The van der Waals surface area contributed by atoms with E-state index in [1.807, 2.05) is 31.2 Å². The van der Waals surface area contributed by atoms with Crippen LogP contribution in [-0.2, 0) is 0 Å². The van der Waals surface area contributed by atoms with Crippen LogP contribution in [0.25, 0.3) is 0 Å². The normalized spacial score (nSPS) is 14.3. The smallest absolute Gasteiger partial charge is 0.233 e. The Hall–Kier alpha value is -2.61. The topological polar surface area (TPSA) is 87.2 Å². The average Bonchev–Trinajstić information content (AvgIpc) is 2.63. The molecule has 0 bridgehead atoms. The molecule has 2 aromatic rings. The molecule has 1 saturated heterocycles. The zero-order chi connectivity index (χ0) is 16.8. The van der Waals surface area contributed by atoms with Crippen molar-refractivity contribution in [2.24, 2.45) is 0 Å².